The predicted octanol–water partition coefficient (Wildman–Crippen LogP) is 4.29. The molecular formula is C24H23N7O. The van der Waals surface area contributed by atoms with Gasteiger partial charge in [0, 0.05) is 17.5 Å². The van der Waals surface area contributed by atoms with Gasteiger partial charge in [-0.1, -0.05) is 55.5 Å². The van der Waals surface area contributed by atoms with Gasteiger partial charge in [-0.05, 0) is 35.2 Å². The van der Waals surface area contributed by atoms with E-state index in [0.29, 0.717) is 12.4 Å². The first-order chi connectivity index (χ1) is 15.7. The molecule has 2 aromatic carbocycles. The fourth-order valence-electron chi connectivity index (χ4n) is 3.97. The molecule has 5 rings (SSSR count). The van der Waals surface area contributed by atoms with E-state index >= 15 is 0 Å². The highest BCUT2D eigenvalue weighted by molar-refractivity contribution is 5.80. The summed E-state index contributed by atoms with van der Waals surface area (Å²) in [4.78, 5) is 9.26. The molecule has 2 N–H and O–H groups in total. The molecule has 3 aromatic heterocycles. The van der Waals surface area contributed by atoms with Crippen LogP contribution in [0.2, 0.25) is 0 Å². The Labute approximate surface area is 185 Å². The second-order valence-electron chi connectivity index (χ2n) is 7.78. The number of benzene rings is 2. The van der Waals surface area contributed by atoms with E-state index < -0.39 is 0 Å². The first kappa shape index (κ1) is 19.9. The summed E-state index contributed by atoms with van der Waals surface area (Å²) in [6.07, 6.45) is 3.34. The molecule has 0 saturated carbocycles. The number of nitrogens with zero attached hydrogens (tertiary/aromatic N) is 6. The minimum Gasteiger partial charge on any atom is -0.506 e. The average Bonchev–Trinajstić information content (AvgIpc) is 3.47. The van der Waals surface area contributed by atoms with Crippen molar-refractivity contribution in [2.24, 2.45) is 0 Å². The van der Waals surface area contributed by atoms with Crippen LogP contribution in [0.1, 0.15) is 30.3 Å². The lowest BCUT2D eigenvalue weighted by atomic mass is 9.98. The zero-order chi connectivity index (χ0) is 22.1. The molecule has 160 valence electrons. The van der Waals surface area contributed by atoms with Crippen LogP contribution in [0.25, 0.3) is 33.7 Å². The Hall–Kier alpha value is -4.07. The summed E-state index contributed by atoms with van der Waals surface area (Å²) in [5, 5.41) is 24.5. The third-order valence-corrected chi connectivity index (χ3v) is 5.66. The maximum atomic E-state index is 10.0. The highest BCUT2D eigenvalue weighted by Crippen LogP contribution is 2.30. The van der Waals surface area contributed by atoms with Gasteiger partial charge >= 0.3 is 0 Å². The van der Waals surface area contributed by atoms with Crippen molar-refractivity contribution < 1.29 is 5.11 Å². The fraction of sp³-hybridized carbons (Fsp3) is 0.208. The van der Waals surface area contributed by atoms with Crippen molar-refractivity contribution in [2.45, 2.75) is 33.2 Å². The molecule has 0 aliphatic carbocycles. The summed E-state index contributed by atoms with van der Waals surface area (Å²) in [7, 11) is 0. The minimum atomic E-state index is 0.176. The van der Waals surface area contributed by atoms with Crippen LogP contribution in [-0.2, 0) is 13.0 Å². The molecule has 5 aromatic rings. The summed E-state index contributed by atoms with van der Waals surface area (Å²) < 4.78 is 2.15. The van der Waals surface area contributed by atoms with Gasteiger partial charge in [0.2, 0.25) is 5.82 Å². The Kier molecular flexibility index (Phi) is 5.10. The Morgan fingerprint density at radius 1 is 1.03 bits per heavy atom. The molecule has 32 heavy (non-hydrogen) atoms. The maximum absolute atomic E-state index is 10.0. The van der Waals surface area contributed by atoms with E-state index in [4.69, 9.17) is 4.98 Å². The van der Waals surface area contributed by atoms with Gasteiger partial charge in [0.25, 0.3) is 0 Å². The number of aryl methyl sites for hydroxylation is 2. The van der Waals surface area contributed by atoms with E-state index in [0.717, 1.165) is 57.6 Å². The van der Waals surface area contributed by atoms with Crippen LogP contribution in [0, 0.1) is 6.92 Å². The van der Waals surface area contributed by atoms with E-state index in [1.54, 1.807) is 0 Å². The smallest absolute Gasteiger partial charge is 0.205 e. The number of hydrogen-bond acceptors (Lipinski definition) is 6. The van der Waals surface area contributed by atoms with Crippen molar-refractivity contribution in [3.63, 3.8) is 0 Å². The maximum Gasteiger partial charge on any atom is 0.205 e. The van der Waals surface area contributed by atoms with Crippen LogP contribution >= 0.6 is 0 Å². The standard InChI is InChI=1S/C24H23N7O/c1-3-6-21-26-22-15(2)20(32)13-25-24(22)31(21)14-16-9-11-17(12-10-16)18-7-4-5-8-19(18)23-27-29-30-28-23/h4-5,7-13,32H,3,6,14H2,1-2H3,(H,27,28,29,30). The van der Waals surface area contributed by atoms with E-state index in [1.165, 1.54) is 6.20 Å². The summed E-state index contributed by atoms with van der Waals surface area (Å²) in [5.74, 6) is 1.73. The van der Waals surface area contributed by atoms with Crippen LogP contribution < -0.4 is 0 Å². The summed E-state index contributed by atoms with van der Waals surface area (Å²) in [5.41, 5.74) is 6.54. The lowest BCUT2D eigenvalue weighted by Crippen LogP contribution is -2.06. The first-order valence-corrected chi connectivity index (χ1v) is 10.6. The number of tetrazole rings is 1. The van der Waals surface area contributed by atoms with Crippen LogP contribution in [0.5, 0.6) is 5.75 Å². The van der Waals surface area contributed by atoms with Crippen molar-refractivity contribution in [2.75, 3.05) is 0 Å². The highest BCUT2D eigenvalue weighted by Gasteiger charge is 2.16. The SMILES string of the molecule is CCCc1nc2c(C)c(O)cnc2n1Cc1ccc(-c2ccccc2-c2nn[nH]n2)cc1. The van der Waals surface area contributed by atoms with Gasteiger partial charge in [0.05, 0.1) is 12.7 Å². The van der Waals surface area contributed by atoms with Crippen LogP contribution in [0.15, 0.2) is 54.7 Å². The molecule has 0 amide bonds. The molecule has 0 saturated heterocycles. The van der Waals surface area contributed by atoms with Crippen molar-refractivity contribution in [3.8, 4) is 28.3 Å². The lowest BCUT2D eigenvalue weighted by molar-refractivity contribution is 0.469. The number of rotatable bonds is 6. The van der Waals surface area contributed by atoms with Gasteiger partial charge in [-0.2, -0.15) is 5.21 Å². The van der Waals surface area contributed by atoms with Gasteiger partial charge in [-0.15, -0.1) is 10.2 Å². The normalized spacial score (nSPS) is 11.3. The number of fused-ring (bicyclic) bond motifs is 1. The topological polar surface area (TPSA) is 105 Å². The molecule has 0 aliphatic rings. The molecule has 0 bridgehead atoms. The highest BCUT2D eigenvalue weighted by atomic mass is 16.3. The number of imidazole rings is 1. The first-order valence-electron chi connectivity index (χ1n) is 10.6. The summed E-state index contributed by atoms with van der Waals surface area (Å²) in [6, 6.07) is 16.5. The van der Waals surface area contributed by atoms with Gasteiger partial charge in [-0.25, -0.2) is 9.97 Å². The molecule has 3 heterocycles. The summed E-state index contributed by atoms with van der Waals surface area (Å²) in [6.45, 7) is 4.68. The molecule has 0 radical (unpaired) electrons. The Balaban J connectivity index is 1.50. The zero-order valence-electron chi connectivity index (χ0n) is 17.9. The molecule has 0 unspecified atom stereocenters. The number of aromatic amines is 1. The minimum absolute atomic E-state index is 0.176. The number of hydrogen-bond donors (Lipinski definition) is 2. The largest absolute Gasteiger partial charge is 0.506 e. The van der Waals surface area contributed by atoms with E-state index in [9.17, 15) is 5.11 Å². The quantitative estimate of drug-likeness (QED) is 0.420. The number of nitrogens with one attached hydrogen (secondary N) is 1. The molecule has 0 aliphatic heterocycles. The predicted molar refractivity (Wildman–Crippen MR) is 122 cm³/mol. The van der Waals surface area contributed by atoms with Crippen molar-refractivity contribution in [1.82, 2.24) is 35.2 Å². The third-order valence-electron chi connectivity index (χ3n) is 5.66. The van der Waals surface area contributed by atoms with Crippen LogP contribution in [0.3, 0.4) is 0 Å². The van der Waals surface area contributed by atoms with Gasteiger partial charge < -0.3 is 9.67 Å². The number of H-pyrrole nitrogens is 1. The van der Waals surface area contributed by atoms with Crippen molar-refractivity contribution >= 4 is 11.2 Å². The molecule has 8 heteroatoms. The third kappa shape index (κ3) is 3.49. The van der Waals surface area contributed by atoms with E-state index in [1.807, 2.05) is 25.1 Å². The molecule has 0 fully saturated rings. The van der Waals surface area contributed by atoms with Crippen LogP contribution in [-0.4, -0.2) is 40.3 Å². The fourth-order valence-corrected chi connectivity index (χ4v) is 3.97. The second-order valence-corrected chi connectivity index (χ2v) is 7.78. The van der Waals surface area contributed by atoms with Crippen molar-refractivity contribution in [3.05, 3.63) is 71.7 Å². The average molecular weight is 425 g/mol. The molecular weight excluding hydrogens is 402 g/mol. The van der Waals surface area contributed by atoms with Gasteiger partial charge in [-0.3, -0.25) is 0 Å². The molecule has 0 atom stereocenters. The summed E-state index contributed by atoms with van der Waals surface area (Å²) >= 11 is 0. The van der Waals surface area contributed by atoms with Gasteiger partial charge in [0.15, 0.2) is 5.65 Å². The number of pyridine rings is 1. The number of aromatic hydroxyl groups is 1. The molecule has 8 nitrogen and oxygen atoms in total. The number of aromatic nitrogens is 7. The Morgan fingerprint density at radius 2 is 1.81 bits per heavy atom. The van der Waals surface area contributed by atoms with E-state index in [-0.39, 0.29) is 5.75 Å². The monoisotopic (exact) mass is 425 g/mol. The van der Waals surface area contributed by atoms with Gasteiger partial charge in [0.1, 0.15) is 17.1 Å². The Morgan fingerprint density at radius 3 is 2.53 bits per heavy atom. The molecule has 0 spiro atoms. The van der Waals surface area contributed by atoms with Crippen molar-refractivity contribution in [1.29, 1.82) is 0 Å². The Bertz CT molecular complexity index is 1370. The lowest BCUT2D eigenvalue weighted by Gasteiger charge is -2.11. The van der Waals surface area contributed by atoms with E-state index in [2.05, 4.69) is 67.4 Å². The van der Waals surface area contributed by atoms with Crippen LogP contribution in [0.4, 0.5) is 0 Å². The second kappa shape index (κ2) is 8.22. The zero-order valence-corrected chi connectivity index (χ0v) is 17.9.